The number of likely N-dealkylation sites (tertiary alicyclic amines) is 1. The molecular formula is C28H36N6O3. The van der Waals surface area contributed by atoms with E-state index in [9.17, 15) is 9.59 Å². The van der Waals surface area contributed by atoms with Crippen molar-refractivity contribution in [3.05, 3.63) is 54.8 Å². The van der Waals surface area contributed by atoms with Crippen molar-refractivity contribution in [3.63, 3.8) is 0 Å². The summed E-state index contributed by atoms with van der Waals surface area (Å²) in [6.45, 7) is 14.8. The van der Waals surface area contributed by atoms with Gasteiger partial charge in [-0.3, -0.25) is 14.9 Å². The Hall–Kier alpha value is -3.46. The number of imidazole rings is 1. The molecule has 1 aliphatic heterocycles. The summed E-state index contributed by atoms with van der Waals surface area (Å²) in [6.07, 6.45) is 6.86. The molecule has 1 spiro atoms. The van der Waals surface area contributed by atoms with Crippen molar-refractivity contribution in [2.45, 2.75) is 65.6 Å². The average Bonchev–Trinajstić information content (AvgIpc) is 3.58. The number of carbonyl (C=O) groups is 2. The van der Waals surface area contributed by atoms with Crippen molar-refractivity contribution < 1.29 is 14.0 Å². The quantitative estimate of drug-likeness (QED) is 0.458. The number of amides is 2. The van der Waals surface area contributed by atoms with E-state index < -0.39 is 0 Å². The number of fused-ring (bicyclic) bond motifs is 1. The first-order chi connectivity index (χ1) is 17.6. The maximum absolute atomic E-state index is 12.8. The number of hydrogen-bond donors (Lipinski definition) is 2. The maximum atomic E-state index is 12.8. The van der Waals surface area contributed by atoms with Crippen LogP contribution in [0.2, 0.25) is 0 Å². The van der Waals surface area contributed by atoms with Crippen molar-refractivity contribution in [3.8, 4) is 0 Å². The molecule has 0 unspecified atom stereocenters. The van der Waals surface area contributed by atoms with Crippen molar-refractivity contribution in [2.75, 3.05) is 18.4 Å². The van der Waals surface area contributed by atoms with Crippen molar-refractivity contribution in [1.82, 2.24) is 24.8 Å². The van der Waals surface area contributed by atoms with Crippen molar-refractivity contribution in [1.29, 1.82) is 0 Å². The zero-order chi connectivity index (χ0) is 26.4. The minimum atomic E-state index is -0.382. The molecular weight excluding hydrogens is 468 g/mol. The molecule has 2 aliphatic rings. The van der Waals surface area contributed by atoms with Crippen LogP contribution in [0.3, 0.4) is 0 Å². The molecule has 3 aromatic rings. The van der Waals surface area contributed by atoms with Crippen LogP contribution < -0.4 is 10.6 Å². The molecule has 1 saturated carbocycles. The van der Waals surface area contributed by atoms with E-state index in [1.165, 1.54) is 18.7 Å². The summed E-state index contributed by atoms with van der Waals surface area (Å²) in [5.74, 6) is 0.253. The van der Waals surface area contributed by atoms with Gasteiger partial charge in [-0.15, -0.1) is 0 Å². The van der Waals surface area contributed by atoms with Gasteiger partial charge in [-0.2, -0.15) is 0 Å². The zero-order valence-corrected chi connectivity index (χ0v) is 22.1. The maximum Gasteiger partial charge on any atom is 0.295 e. The van der Waals surface area contributed by atoms with Crippen molar-refractivity contribution >= 4 is 28.8 Å². The van der Waals surface area contributed by atoms with E-state index in [-0.39, 0.29) is 34.4 Å². The molecule has 0 bridgehead atoms. The summed E-state index contributed by atoms with van der Waals surface area (Å²) in [6, 6.07) is 6.84. The summed E-state index contributed by atoms with van der Waals surface area (Å²) in [7, 11) is 0. The van der Waals surface area contributed by atoms with E-state index in [1.54, 1.807) is 0 Å². The standard InChI is InChI=1S/C28H36N6O3/c1-6-24(35)33-10-9-28(16-33)12-20(13-28)34-22-8-7-19(14-30-18(2)27(3,4)5)11-21(22)31-26(34)32-25(36)23-15-29-17-37-23/h6-8,11,15,17-18,20,30H,1,9-10,12-14,16H2,2-5H3,(H,31,32,36)/t18-,20?,28?/m0/s1. The molecule has 2 N–H and O–H groups in total. The Labute approximate surface area is 217 Å². The third-order valence-electron chi connectivity index (χ3n) is 8.17. The number of rotatable bonds is 7. The lowest BCUT2D eigenvalue weighted by atomic mass is 9.64. The topological polar surface area (TPSA) is 105 Å². The summed E-state index contributed by atoms with van der Waals surface area (Å²) < 4.78 is 7.33. The molecule has 1 atom stereocenters. The van der Waals surface area contributed by atoms with Crippen LogP contribution in [0, 0.1) is 10.8 Å². The summed E-state index contributed by atoms with van der Waals surface area (Å²) >= 11 is 0. The predicted octanol–water partition coefficient (Wildman–Crippen LogP) is 4.54. The fraction of sp³-hybridized carbons (Fsp3) is 0.500. The highest BCUT2D eigenvalue weighted by molar-refractivity contribution is 6.02. The van der Waals surface area contributed by atoms with Gasteiger partial charge < -0.3 is 19.2 Å². The third kappa shape index (κ3) is 4.92. The van der Waals surface area contributed by atoms with Gasteiger partial charge >= 0.3 is 0 Å². The van der Waals surface area contributed by atoms with Crippen molar-refractivity contribution in [2.24, 2.45) is 10.8 Å². The van der Waals surface area contributed by atoms with Gasteiger partial charge in [0.1, 0.15) is 0 Å². The monoisotopic (exact) mass is 504 g/mol. The van der Waals surface area contributed by atoms with Gasteiger partial charge in [-0.05, 0) is 60.8 Å². The van der Waals surface area contributed by atoms with Crippen LogP contribution in [0.1, 0.15) is 69.1 Å². The number of carbonyl (C=O) groups excluding carboxylic acids is 2. The fourth-order valence-corrected chi connectivity index (χ4v) is 5.49. The molecule has 37 heavy (non-hydrogen) atoms. The number of aromatic nitrogens is 3. The molecule has 196 valence electrons. The molecule has 1 aliphatic carbocycles. The van der Waals surface area contributed by atoms with Crippen LogP contribution in [-0.4, -0.2) is 50.4 Å². The largest absolute Gasteiger partial charge is 0.438 e. The Kier molecular flexibility index (Phi) is 6.43. The van der Waals surface area contributed by atoms with Gasteiger partial charge in [0.15, 0.2) is 6.39 Å². The van der Waals surface area contributed by atoms with Crippen LogP contribution in [0.4, 0.5) is 5.95 Å². The van der Waals surface area contributed by atoms with E-state index in [2.05, 4.69) is 72.7 Å². The van der Waals surface area contributed by atoms with Crippen LogP contribution in [0.5, 0.6) is 0 Å². The van der Waals surface area contributed by atoms with Gasteiger partial charge in [-0.1, -0.05) is 33.4 Å². The highest BCUT2D eigenvalue weighted by Crippen LogP contribution is 2.55. The van der Waals surface area contributed by atoms with E-state index in [0.29, 0.717) is 12.0 Å². The third-order valence-corrected chi connectivity index (χ3v) is 8.17. The summed E-state index contributed by atoms with van der Waals surface area (Å²) in [5, 5.41) is 6.55. The fourth-order valence-electron chi connectivity index (χ4n) is 5.49. The second-order valence-electron chi connectivity index (χ2n) is 11.7. The molecule has 1 aromatic carbocycles. The van der Waals surface area contributed by atoms with Gasteiger partial charge in [0, 0.05) is 31.7 Å². The molecule has 2 aromatic heterocycles. The van der Waals surface area contributed by atoms with Crippen LogP contribution in [0.15, 0.2) is 47.9 Å². The molecule has 0 radical (unpaired) electrons. The molecule has 3 heterocycles. The summed E-state index contributed by atoms with van der Waals surface area (Å²) in [4.78, 5) is 35.5. The van der Waals surface area contributed by atoms with Crippen LogP contribution in [-0.2, 0) is 11.3 Å². The second kappa shape index (κ2) is 9.45. The molecule has 2 fully saturated rings. The second-order valence-corrected chi connectivity index (χ2v) is 11.7. The highest BCUT2D eigenvalue weighted by atomic mass is 16.3. The first kappa shape index (κ1) is 25.2. The number of nitrogens with zero attached hydrogens (tertiary/aromatic N) is 4. The Balaban J connectivity index is 1.40. The average molecular weight is 505 g/mol. The minimum absolute atomic E-state index is 0.00432. The number of anilines is 1. The van der Waals surface area contributed by atoms with Crippen LogP contribution in [0.25, 0.3) is 11.0 Å². The highest BCUT2D eigenvalue weighted by Gasteiger charge is 2.50. The Morgan fingerprint density at radius 3 is 2.78 bits per heavy atom. The zero-order valence-electron chi connectivity index (χ0n) is 22.1. The normalized spacial score (nSPS) is 22.3. The van der Waals surface area contributed by atoms with E-state index in [1.807, 2.05) is 4.90 Å². The lowest BCUT2D eigenvalue weighted by Gasteiger charge is -2.46. The smallest absolute Gasteiger partial charge is 0.295 e. The Morgan fingerprint density at radius 1 is 1.32 bits per heavy atom. The van der Waals surface area contributed by atoms with E-state index in [4.69, 9.17) is 9.40 Å². The Bertz CT molecular complexity index is 1310. The lowest BCUT2D eigenvalue weighted by molar-refractivity contribution is -0.125. The minimum Gasteiger partial charge on any atom is -0.438 e. The van der Waals surface area contributed by atoms with Gasteiger partial charge in [0.05, 0.1) is 17.2 Å². The predicted molar refractivity (Wildman–Crippen MR) is 142 cm³/mol. The molecule has 5 rings (SSSR count). The first-order valence-electron chi connectivity index (χ1n) is 12.9. The van der Waals surface area contributed by atoms with Gasteiger partial charge in [-0.25, -0.2) is 9.97 Å². The Morgan fingerprint density at radius 2 is 2.11 bits per heavy atom. The van der Waals surface area contributed by atoms with E-state index >= 15 is 0 Å². The van der Waals surface area contributed by atoms with Gasteiger partial charge in [0.25, 0.3) is 5.91 Å². The van der Waals surface area contributed by atoms with Crippen LogP contribution >= 0.6 is 0 Å². The SMILES string of the molecule is C=CC(=O)N1CCC2(CC(n3c(NC(=O)c4cnco4)nc4cc(CN[C@@H](C)C(C)(C)C)ccc43)C2)C1. The number of benzene rings is 1. The number of hydrogen-bond acceptors (Lipinski definition) is 6. The summed E-state index contributed by atoms with van der Waals surface area (Å²) in [5.41, 5.74) is 3.24. The molecule has 9 heteroatoms. The molecule has 2 amide bonds. The van der Waals surface area contributed by atoms with Gasteiger partial charge in [0.2, 0.25) is 17.6 Å². The lowest BCUT2D eigenvalue weighted by Crippen LogP contribution is -2.42. The van der Waals surface area contributed by atoms with E-state index in [0.717, 1.165) is 55.5 Å². The molecule has 1 saturated heterocycles. The molecule has 9 nitrogen and oxygen atoms in total. The first-order valence-corrected chi connectivity index (χ1v) is 12.9. The number of oxazole rings is 1. The number of nitrogens with one attached hydrogen (secondary N) is 2.